The Balaban J connectivity index is 2.41. The van der Waals surface area contributed by atoms with E-state index in [2.05, 4.69) is 9.98 Å². The maximum Gasteiger partial charge on any atom is 0.132 e. The normalized spacial score (nSPS) is 13.7. The van der Waals surface area contributed by atoms with E-state index in [0.29, 0.717) is 17.7 Å². The summed E-state index contributed by atoms with van der Waals surface area (Å²) in [6, 6.07) is 10.4. The molecule has 0 aliphatic carbocycles. The molecule has 0 saturated heterocycles. The summed E-state index contributed by atoms with van der Waals surface area (Å²) >= 11 is 0. The predicted octanol–water partition coefficient (Wildman–Crippen LogP) is 1.63. The highest BCUT2D eigenvalue weighted by atomic mass is 19.1. The van der Waals surface area contributed by atoms with Crippen LogP contribution in [0.3, 0.4) is 0 Å². The van der Waals surface area contributed by atoms with Gasteiger partial charge >= 0.3 is 0 Å². The minimum absolute atomic E-state index is 0.263. The van der Waals surface area contributed by atoms with Gasteiger partial charge in [0.05, 0.1) is 11.0 Å². The Morgan fingerprint density at radius 1 is 1.06 bits per heavy atom. The first kappa shape index (κ1) is 10.8. The molecule has 0 atom stereocenters. The molecule has 0 N–H and O–H groups in total. The molecule has 1 aliphatic heterocycles. The lowest BCUT2D eigenvalue weighted by atomic mass is 10.1. The predicted molar refractivity (Wildman–Crippen MR) is 70.0 cm³/mol. The zero-order chi connectivity index (χ0) is 12.4. The van der Waals surface area contributed by atoms with Crippen molar-refractivity contribution in [1.29, 1.82) is 0 Å². The molecule has 3 heteroatoms. The Kier molecular flexibility index (Phi) is 2.73. The third-order valence-corrected chi connectivity index (χ3v) is 2.86. The smallest absolute Gasteiger partial charge is 0.132 e. The summed E-state index contributed by atoms with van der Waals surface area (Å²) in [5.41, 5.74) is 1.16. The number of fused-ring (bicyclic) bond motifs is 1. The van der Waals surface area contributed by atoms with Crippen molar-refractivity contribution in [3.63, 3.8) is 0 Å². The van der Waals surface area contributed by atoms with E-state index in [1.165, 1.54) is 6.07 Å². The first-order valence-electron chi connectivity index (χ1n) is 5.79. The number of rotatable bonds is 1. The van der Waals surface area contributed by atoms with Gasteiger partial charge < -0.3 is 0 Å². The Hall–Kier alpha value is -2.29. The second-order valence-corrected chi connectivity index (χ2v) is 4.02. The molecule has 2 aromatic rings. The number of aliphatic imine (C=N–C) groups is 1. The van der Waals surface area contributed by atoms with Crippen molar-refractivity contribution in [3.8, 4) is 0 Å². The van der Waals surface area contributed by atoms with Crippen LogP contribution in [0.25, 0.3) is 11.8 Å². The largest absolute Gasteiger partial charge is 0.259 e. The quantitative estimate of drug-likeness (QED) is 0.741. The summed E-state index contributed by atoms with van der Waals surface area (Å²) in [5, 5.41) is 1.73. The van der Waals surface area contributed by atoms with Gasteiger partial charge in [-0.2, -0.15) is 0 Å². The number of pyridine rings is 1. The number of halogens is 1. The van der Waals surface area contributed by atoms with Crippen molar-refractivity contribution < 1.29 is 4.39 Å². The summed E-state index contributed by atoms with van der Waals surface area (Å²) in [6.07, 6.45) is 6.22. The van der Waals surface area contributed by atoms with Crippen LogP contribution in [0.1, 0.15) is 12.0 Å². The third-order valence-electron chi connectivity index (χ3n) is 2.86. The zero-order valence-corrected chi connectivity index (χ0v) is 9.68. The van der Waals surface area contributed by atoms with Crippen LogP contribution in [0.15, 0.2) is 47.6 Å². The van der Waals surface area contributed by atoms with Gasteiger partial charge in [-0.1, -0.05) is 18.2 Å². The molecule has 0 saturated carbocycles. The van der Waals surface area contributed by atoms with Crippen molar-refractivity contribution in [2.75, 3.05) is 0 Å². The van der Waals surface area contributed by atoms with E-state index in [9.17, 15) is 4.39 Å². The summed E-state index contributed by atoms with van der Waals surface area (Å²) in [5.74, 6) is -0.263. The van der Waals surface area contributed by atoms with E-state index in [-0.39, 0.29) is 5.82 Å². The Bertz CT molecular complexity index is 732. The fourth-order valence-electron chi connectivity index (χ4n) is 2.03. The molecule has 0 unspecified atom stereocenters. The first-order chi connectivity index (χ1) is 8.86. The van der Waals surface area contributed by atoms with Crippen LogP contribution in [0, 0.1) is 5.82 Å². The Morgan fingerprint density at radius 3 is 2.83 bits per heavy atom. The maximum absolute atomic E-state index is 13.9. The van der Waals surface area contributed by atoms with Crippen LogP contribution < -0.4 is 10.6 Å². The highest BCUT2D eigenvalue weighted by Gasteiger charge is 2.08. The molecule has 0 radical (unpaired) electrons. The van der Waals surface area contributed by atoms with Gasteiger partial charge in [0.1, 0.15) is 5.82 Å². The van der Waals surface area contributed by atoms with Crippen molar-refractivity contribution in [3.05, 3.63) is 64.5 Å². The number of aromatic nitrogens is 1. The molecule has 0 fully saturated rings. The highest BCUT2D eigenvalue weighted by molar-refractivity contribution is 5.77. The van der Waals surface area contributed by atoms with Crippen molar-refractivity contribution in [2.24, 2.45) is 4.99 Å². The second-order valence-electron chi connectivity index (χ2n) is 4.02. The van der Waals surface area contributed by atoms with E-state index in [4.69, 9.17) is 0 Å². The summed E-state index contributed by atoms with van der Waals surface area (Å²) in [7, 11) is 0. The van der Waals surface area contributed by atoms with Gasteiger partial charge in [0.2, 0.25) is 0 Å². The minimum Gasteiger partial charge on any atom is -0.259 e. The van der Waals surface area contributed by atoms with Crippen molar-refractivity contribution in [2.45, 2.75) is 6.42 Å². The molecule has 1 aromatic heterocycles. The van der Waals surface area contributed by atoms with Crippen LogP contribution >= 0.6 is 0 Å². The van der Waals surface area contributed by atoms with Crippen molar-refractivity contribution >= 4 is 18.0 Å². The fourth-order valence-corrected chi connectivity index (χ4v) is 2.03. The summed E-state index contributed by atoms with van der Waals surface area (Å²) < 4.78 is 13.9. The van der Waals surface area contributed by atoms with Crippen LogP contribution in [-0.2, 0) is 0 Å². The molecule has 1 aliphatic rings. The van der Waals surface area contributed by atoms with Gasteiger partial charge in [0.15, 0.2) is 0 Å². The molecule has 2 heterocycles. The monoisotopic (exact) mass is 238 g/mol. The molecule has 0 amide bonds. The van der Waals surface area contributed by atoms with Gasteiger partial charge in [-0.3, -0.25) is 9.98 Å². The molecule has 0 bridgehead atoms. The Labute approximate surface area is 104 Å². The highest BCUT2D eigenvalue weighted by Crippen LogP contribution is 2.16. The standard InChI is InChI=1S/C15H11FN2/c16-13-7-2-1-5-11(13)15-12-6-3-9-17-14(12)8-4-10-18-15/h1-3,5-10H,4H2. The Morgan fingerprint density at radius 2 is 1.94 bits per heavy atom. The molecule has 1 aromatic carbocycles. The van der Waals surface area contributed by atoms with Crippen LogP contribution in [0.2, 0.25) is 0 Å². The first-order valence-corrected chi connectivity index (χ1v) is 5.79. The number of benzene rings is 1. The zero-order valence-electron chi connectivity index (χ0n) is 9.68. The summed E-state index contributed by atoms with van der Waals surface area (Å²) in [6.45, 7) is 0. The van der Waals surface area contributed by atoms with E-state index in [0.717, 1.165) is 10.6 Å². The molecule has 0 spiro atoms. The van der Waals surface area contributed by atoms with Gasteiger partial charge in [-0.05, 0) is 24.3 Å². The van der Waals surface area contributed by atoms with Crippen molar-refractivity contribution in [1.82, 2.24) is 4.98 Å². The third kappa shape index (κ3) is 1.84. The summed E-state index contributed by atoms with van der Waals surface area (Å²) in [4.78, 5) is 8.68. The molecule has 18 heavy (non-hydrogen) atoms. The maximum atomic E-state index is 13.9. The second kappa shape index (κ2) is 4.53. The average molecular weight is 238 g/mol. The minimum atomic E-state index is -0.263. The lowest BCUT2D eigenvalue weighted by molar-refractivity contribution is 0.623. The van der Waals surface area contributed by atoms with Gasteiger partial charge in [-0.25, -0.2) is 4.39 Å². The van der Waals surface area contributed by atoms with Gasteiger partial charge in [0, 0.05) is 29.6 Å². The lowest BCUT2D eigenvalue weighted by Gasteiger charge is -2.03. The van der Waals surface area contributed by atoms with E-state index >= 15 is 0 Å². The number of nitrogens with zero attached hydrogens (tertiary/aromatic N) is 2. The van der Waals surface area contributed by atoms with Crippen LogP contribution in [0.5, 0.6) is 0 Å². The SMILES string of the molecule is Fc1ccccc1C1=c2cccnc2=CCC=N1. The molecular weight excluding hydrogens is 227 g/mol. The molecule has 88 valence electrons. The van der Waals surface area contributed by atoms with E-state index < -0.39 is 0 Å². The van der Waals surface area contributed by atoms with Crippen LogP contribution in [-0.4, -0.2) is 11.2 Å². The molecular formula is C15H11FN2. The van der Waals surface area contributed by atoms with E-state index in [1.807, 2.05) is 24.3 Å². The van der Waals surface area contributed by atoms with Gasteiger partial charge in [-0.15, -0.1) is 0 Å². The number of hydrogen-bond acceptors (Lipinski definition) is 2. The molecule has 3 rings (SSSR count). The molecule has 2 nitrogen and oxygen atoms in total. The lowest BCUT2D eigenvalue weighted by Crippen LogP contribution is -2.29. The van der Waals surface area contributed by atoms with Crippen LogP contribution in [0.4, 0.5) is 4.39 Å². The average Bonchev–Trinajstić information content (AvgIpc) is 2.62. The number of hydrogen-bond donors (Lipinski definition) is 0. The fraction of sp³-hybridized carbons (Fsp3) is 0.0667. The topological polar surface area (TPSA) is 25.2 Å². The van der Waals surface area contributed by atoms with E-state index in [1.54, 1.807) is 24.5 Å². The van der Waals surface area contributed by atoms with Gasteiger partial charge in [0.25, 0.3) is 0 Å².